The number of hydrogen-bond donors (Lipinski definition) is 0. The molecule has 4 nitrogen and oxygen atoms in total. The van der Waals surface area contributed by atoms with Gasteiger partial charge in [0, 0.05) is 6.54 Å². The summed E-state index contributed by atoms with van der Waals surface area (Å²) >= 11 is 6.74. The monoisotopic (exact) mass is 267 g/mol. The maximum absolute atomic E-state index is 12.0. The summed E-state index contributed by atoms with van der Waals surface area (Å²) in [7, 11) is -3.50. The Kier molecular flexibility index (Phi) is 3.32. The first kappa shape index (κ1) is 11.3. The van der Waals surface area contributed by atoms with E-state index in [2.05, 4.69) is 0 Å². The van der Waals surface area contributed by atoms with E-state index in [1.807, 2.05) is 0 Å². The Balaban J connectivity index is 2.26. The van der Waals surface area contributed by atoms with Crippen molar-refractivity contribution in [3.63, 3.8) is 0 Å². The highest BCUT2D eigenvalue weighted by Gasteiger charge is 2.28. The highest BCUT2D eigenvalue weighted by molar-refractivity contribution is 7.91. The predicted octanol–water partition coefficient (Wildman–Crippen LogP) is 2.12. The van der Waals surface area contributed by atoms with Gasteiger partial charge in [0.2, 0.25) is 0 Å². The lowest BCUT2D eigenvalue weighted by atomic mass is 10.3. The smallest absolute Gasteiger partial charge is 0.274 e. The second-order valence-corrected chi connectivity index (χ2v) is 6.90. The quantitative estimate of drug-likeness (QED) is 0.825. The van der Waals surface area contributed by atoms with Gasteiger partial charge in [-0.05, 0) is 25.0 Å². The molecule has 15 heavy (non-hydrogen) atoms. The molecule has 0 saturated carbocycles. The van der Waals surface area contributed by atoms with Crippen molar-refractivity contribution >= 4 is 33.0 Å². The van der Waals surface area contributed by atoms with E-state index in [0.29, 0.717) is 17.5 Å². The van der Waals surface area contributed by atoms with Gasteiger partial charge in [0.15, 0.2) is 0 Å². The summed E-state index contributed by atoms with van der Waals surface area (Å²) in [6.07, 6.45) is 1.73. The fourth-order valence-corrected chi connectivity index (χ4v) is 4.18. The summed E-state index contributed by atoms with van der Waals surface area (Å²) in [4.78, 5) is 5.12. The summed E-state index contributed by atoms with van der Waals surface area (Å²) in [5.41, 5.74) is 0. The Morgan fingerprint density at radius 3 is 2.73 bits per heavy atom. The first-order valence-corrected chi connectivity index (χ1v) is 7.15. The van der Waals surface area contributed by atoms with Crippen LogP contribution in [0.15, 0.2) is 16.3 Å². The molecule has 84 valence electrons. The summed E-state index contributed by atoms with van der Waals surface area (Å²) in [6, 6.07) is 3.07. The minimum absolute atomic E-state index is 0.231. The molecule has 1 saturated heterocycles. The van der Waals surface area contributed by atoms with Gasteiger partial charge in [-0.25, -0.2) is 8.42 Å². The van der Waals surface area contributed by atoms with Crippen molar-refractivity contribution in [1.29, 1.82) is 0 Å². The fraction of sp³-hybridized carbons (Fsp3) is 0.500. The van der Waals surface area contributed by atoms with E-state index in [9.17, 15) is 8.42 Å². The molecule has 1 aliphatic rings. The minimum Gasteiger partial charge on any atom is -0.284 e. The average molecular weight is 268 g/mol. The number of hydroxylamine groups is 1. The predicted molar refractivity (Wildman–Crippen MR) is 58.4 cm³/mol. The van der Waals surface area contributed by atoms with Gasteiger partial charge < -0.3 is 0 Å². The molecular formula is C8H10ClNO3S2. The van der Waals surface area contributed by atoms with Gasteiger partial charge in [-0.2, -0.15) is 0 Å². The van der Waals surface area contributed by atoms with Gasteiger partial charge in [0.25, 0.3) is 10.0 Å². The highest BCUT2D eigenvalue weighted by atomic mass is 35.5. The lowest BCUT2D eigenvalue weighted by Gasteiger charge is -2.24. The first-order chi connectivity index (χ1) is 7.10. The van der Waals surface area contributed by atoms with Crippen LogP contribution < -0.4 is 0 Å². The molecule has 2 rings (SSSR count). The average Bonchev–Trinajstić information content (AvgIpc) is 2.67. The van der Waals surface area contributed by atoms with Crippen molar-refractivity contribution in [2.24, 2.45) is 0 Å². The SMILES string of the molecule is O=S(=O)(c1ccc(Cl)s1)N1CCCCO1. The summed E-state index contributed by atoms with van der Waals surface area (Å²) in [5, 5.41) is 0. The lowest BCUT2D eigenvalue weighted by Crippen LogP contribution is -2.35. The van der Waals surface area contributed by atoms with Gasteiger partial charge in [-0.3, -0.25) is 4.84 Å². The number of halogens is 1. The summed E-state index contributed by atoms with van der Waals surface area (Å²) in [5.74, 6) is 0. The molecule has 1 aliphatic heterocycles. The molecule has 2 heterocycles. The van der Waals surface area contributed by atoms with E-state index in [-0.39, 0.29) is 4.21 Å². The van der Waals surface area contributed by atoms with E-state index in [1.165, 1.54) is 6.07 Å². The van der Waals surface area contributed by atoms with Crippen molar-refractivity contribution in [3.8, 4) is 0 Å². The topological polar surface area (TPSA) is 46.6 Å². The van der Waals surface area contributed by atoms with Gasteiger partial charge >= 0.3 is 0 Å². The van der Waals surface area contributed by atoms with Crippen molar-refractivity contribution in [2.75, 3.05) is 13.2 Å². The Morgan fingerprint density at radius 1 is 1.40 bits per heavy atom. The van der Waals surface area contributed by atoms with Crippen LogP contribution in [0.3, 0.4) is 0 Å². The third kappa shape index (κ3) is 2.34. The molecule has 0 N–H and O–H groups in total. The van der Waals surface area contributed by atoms with Crippen LogP contribution in [0.25, 0.3) is 0 Å². The second-order valence-electron chi connectivity index (χ2n) is 3.13. The molecule has 0 amide bonds. The van der Waals surface area contributed by atoms with Crippen LogP contribution in [0, 0.1) is 0 Å². The molecule has 1 aromatic heterocycles. The van der Waals surface area contributed by atoms with E-state index < -0.39 is 10.0 Å². The summed E-state index contributed by atoms with van der Waals surface area (Å²) in [6.45, 7) is 0.871. The highest BCUT2D eigenvalue weighted by Crippen LogP contribution is 2.29. The van der Waals surface area contributed by atoms with E-state index >= 15 is 0 Å². The van der Waals surface area contributed by atoms with Crippen LogP contribution >= 0.6 is 22.9 Å². The number of thiophene rings is 1. The Morgan fingerprint density at radius 2 is 2.20 bits per heavy atom. The van der Waals surface area contributed by atoms with Gasteiger partial charge in [-0.1, -0.05) is 16.1 Å². The van der Waals surface area contributed by atoms with Gasteiger partial charge in [-0.15, -0.1) is 11.3 Å². The van der Waals surface area contributed by atoms with Crippen LogP contribution in [0.2, 0.25) is 4.34 Å². The van der Waals surface area contributed by atoms with Crippen molar-refractivity contribution < 1.29 is 13.3 Å². The van der Waals surface area contributed by atoms with Crippen molar-refractivity contribution in [3.05, 3.63) is 16.5 Å². The lowest BCUT2D eigenvalue weighted by molar-refractivity contribution is -0.108. The molecule has 1 aromatic rings. The zero-order chi connectivity index (χ0) is 10.9. The summed E-state index contributed by atoms with van der Waals surface area (Å²) < 4.78 is 25.7. The second kappa shape index (κ2) is 4.39. The van der Waals surface area contributed by atoms with E-state index in [1.54, 1.807) is 6.07 Å². The first-order valence-electron chi connectivity index (χ1n) is 4.52. The largest absolute Gasteiger partial charge is 0.284 e. The number of sulfonamides is 1. The molecule has 0 unspecified atom stereocenters. The number of nitrogens with zero attached hydrogens (tertiary/aromatic N) is 1. The van der Waals surface area contributed by atoms with Crippen LogP contribution in [-0.4, -0.2) is 26.0 Å². The molecule has 1 fully saturated rings. The normalized spacial score (nSPS) is 19.3. The molecule has 0 radical (unpaired) electrons. The maximum atomic E-state index is 12.0. The van der Waals surface area contributed by atoms with Crippen LogP contribution in [0.1, 0.15) is 12.8 Å². The zero-order valence-electron chi connectivity index (χ0n) is 7.85. The fourth-order valence-electron chi connectivity index (χ4n) is 1.30. The minimum atomic E-state index is -3.50. The Labute approximate surface area is 97.4 Å². The molecule has 0 aliphatic carbocycles. The third-order valence-corrected chi connectivity index (χ3v) is 5.42. The zero-order valence-corrected chi connectivity index (χ0v) is 10.2. The molecular weight excluding hydrogens is 258 g/mol. The van der Waals surface area contributed by atoms with Crippen LogP contribution in [0.4, 0.5) is 0 Å². The Bertz CT molecular complexity index is 436. The van der Waals surface area contributed by atoms with Gasteiger partial charge in [0.1, 0.15) is 4.21 Å². The van der Waals surface area contributed by atoms with Crippen molar-refractivity contribution in [2.45, 2.75) is 17.1 Å². The molecule has 0 spiro atoms. The molecule has 7 heteroatoms. The molecule has 0 bridgehead atoms. The molecule has 0 atom stereocenters. The van der Waals surface area contributed by atoms with Crippen molar-refractivity contribution in [1.82, 2.24) is 4.47 Å². The number of rotatable bonds is 2. The molecule has 0 aromatic carbocycles. The van der Waals surface area contributed by atoms with Crippen LogP contribution in [0.5, 0.6) is 0 Å². The maximum Gasteiger partial charge on any atom is 0.274 e. The van der Waals surface area contributed by atoms with Crippen LogP contribution in [-0.2, 0) is 14.9 Å². The van der Waals surface area contributed by atoms with E-state index in [0.717, 1.165) is 28.6 Å². The van der Waals surface area contributed by atoms with Gasteiger partial charge in [0.05, 0.1) is 10.9 Å². The Hall–Kier alpha value is -0.140. The number of hydrogen-bond acceptors (Lipinski definition) is 4. The third-order valence-electron chi connectivity index (χ3n) is 2.04. The van der Waals surface area contributed by atoms with E-state index in [4.69, 9.17) is 16.4 Å². The standard InChI is InChI=1S/C8H10ClNO3S2/c9-7-3-4-8(14-7)15(11,12)10-5-1-2-6-13-10/h3-4H,1-2,5-6H2.